The number of phenolic OH excluding ortho intramolecular Hbond substituents is 1. The Balaban J connectivity index is 2.29. The molecule has 14 heavy (non-hydrogen) atoms. The van der Waals surface area contributed by atoms with Crippen LogP contribution in [0.1, 0.15) is 36.9 Å². The van der Waals surface area contributed by atoms with E-state index in [9.17, 15) is 5.11 Å². The minimum atomic E-state index is 0.362. The van der Waals surface area contributed by atoms with Crippen molar-refractivity contribution in [3.8, 4) is 5.75 Å². The number of phenols is 1. The molecule has 2 heteroatoms. The van der Waals surface area contributed by atoms with Crippen molar-refractivity contribution < 1.29 is 5.11 Å². The van der Waals surface area contributed by atoms with Crippen LogP contribution in [0.4, 0.5) is 0 Å². The number of nitrogens with one attached hydrogen (secondary N) is 1. The van der Waals surface area contributed by atoms with Crippen molar-refractivity contribution in [1.29, 1.82) is 0 Å². The molecule has 1 atom stereocenters. The zero-order chi connectivity index (χ0) is 9.97. The smallest absolute Gasteiger partial charge is 0.120 e. The molecule has 0 aromatic heterocycles. The van der Waals surface area contributed by atoms with Crippen molar-refractivity contribution in [3.63, 3.8) is 0 Å². The van der Waals surface area contributed by atoms with E-state index in [0.717, 1.165) is 24.9 Å². The topological polar surface area (TPSA) is 32.3 Å². The van der Waals surface area contributed by atoms with E-state index in [2.05, 4.69) is 18.3 Å². The van der Waals surface area contributed by atoms with E-state index in [0.29, 0.717) is 11.8 Å². The van der Waals surface area contributed by atoms with Crippen molar-refractivity contribution >= 4 is 0 Å². The lowest BCUT2D eigenvalue weighted by Crippen LogP contribution is -2.13. The molecule has 0 aliphatic carbocycles. The molecule has 0 spiro atoms. The van der Waals surface area contributed by atoms with Crippen LogP contribution in [0.5, 0.6) is 5.75 Å². The third kappa shape index (κ3) is 1.75. The molecule has 2 nitrogen and oxygen atoms in total. The molecule has 0 bridgehead atoms. The van der Waals surface area contributed by atoms with Crippen LogP contribution >= 0.6 is 0 Å². The highest BCUT2D eigenvalue weighted by Crippen LogP contribution is 2.30. The van der Waals surface area contributed by atoms with E-state index in [1.807, 2.05) is 12.1 Å². The Kier molecular flexibility index (Phi) is 2.73. The Labute approximate surface area is 85.0 Å². The minimum absolute atomic E-state index is 0.362. The van der Waals surface area contributed by atoms with Crippen LogP contribution in [0, 0.1) is 0 Å². The second kappa shape index (κ2) is 4.01. The van der Waals surface area contributed by atoms with Crippen molar-refractivity contribution in [2.45, 2.75) is 32.2 Å². The highest BCUT2D eigenvalue weighted by molar-refractivity contribution is 5.38. The van der Waals surface area contributed by atoms with Crippen LogP contribution in [-0.4, -0.2) is 11.7 Å². The van der Waals surface area contributed by atoms with Crippen molar-refractivity contribution in [2.24, 2.45) is 0 Å². The second-order valence-corrected chi connectivity index (χ2v) is 3.90. The third-order valence-electron chi connectivity index (χ3n) is 2.94. The number of hydrogen-bond acceptors (Lipinski definition) is 2. The standard InChI is InChI=1S/C12H17NO/c1-2-9-5-6-12(14)10(8-9)11-4-3-7-13-11/h5-6,8,11,13-14H,2-4,7H2,1H3. The summed E-state index contributed by atoms with van der Waals surface area (Å²) in [4.78, 5) is 0. The predicted octanol–water partition coefficient (Wildman–Crippen LogP) is 2.38. The quantitative estimate of drug-likeness (QED) is 0.752. The van der Waals surface area contributed by atoms with Crippen LogP contribution in [0.2, 0.25) is 0 Å². The Hall–Kier alpha value is -1.02. The van der Waals surface area contributed by atoms with E-state index in [1.54, 1.807) is 0 Å². The number of aromatic hydroxyl groups is 1. The summed E-state index contributed by atoms with van der Waals surface area (Å²) in [6, 6.07) is 6.29. The Morgan fingerprint density at radius 3 is 3.00 bits per heavy atom. The van der Waals surface area contributed by atoms with Gasteiger partial charge in [0.05, 0.1) is 0 Å². The summed E-state index contributed by atoms with van der Waals surface area (Å²) in [7, 11) is 0. The lowest BCUT2D eigenvalue weighted by Gasteiger charge is -2.13. The van der Waals surface area contributed by atoms with Gasteiger partial charge in [0.25, 0.3) is 0 Å². The normalized spacial score (nSPS) is 21.4. The van der Waals surface area contributed by atoms with E-state index in [4.69, 9.17) is 0 Å². The summed E-state index contributed by atoms with van der Waals surface area (Å²) in [6.07, 6.45) is 3.38. The average molecular weight is 191 g/mol. The van der Waals surface area contributed by atoms with Crippen molar-refractivity contribution in [3.05, 3.63) is 29.3 Å². The molecule has 2 rings (SSSR count). The fraction of sp³-hybridized carbons (Fsp3) is 0.500. The van der Waals surface area contributed by atoms with Crippen molar-refractivity contribution in [1.82, 2.24) is 5.32 Å². The van der Waals surface area contributed by atoms with E-state index >= 15 is 0 Å². The van der Waals surface area contributed by atoms with Gasteiger partial charge in [0, 0.05) is 11.6 Å². The maximum atomic E-state index is 9.75. The maximum absolute atomic E-state index is 9.75. The van der Waals surface area contributed by atoms with E-state index in [-0.39, 0.29) is 0 Å². The molecule has 76 valence electrons. The molecule has 0 saturated carbocycles. The maximum Gasteiger partial charge on any atom is 0.120 e. The molecule has 1 aromatic rings. The van der Waals surface area contributed by atoms with Crippen LogP contribution in [0.15, 0.2) is 18.2 Å². The third-order valence-corrected chi connectivity index (χ3v) is 2.94. The van der Waals surface area contributed by atoms with Gasteiger partial charge in [-0.3, -0.25) is 0 Å². The Bertz CT molecular complexity index is 316. The van der Waals surface area contributed by atoms with Gasteiger partial charge in [0.15, 0.2) is 0 Å². The molecule has 1 heterocycles. The molecular weight excluding hydrogens is 174 g/mol. The number of benzene rings is 1. The van der Waals surface area contributed by atoms with Gasteiger partial charge in [-0.1, -0.05) is 19.1 Å². The molecule has 1 saturated heterocycles. The zero-order valence-corrected chi connectivity index (χ0v) is 8.59. The van der Waals surface area contributed by atoms with Gasteiger partial charge in [-0.15, -0.1) is 0 Å². The molecule has 1 unspecified atom stereocenters. The molecule has 1 aliphatic heterocycles. The lowest BCUT2D eigenvalue weighted by molar-refractivity contribution is 0.456. The molecular formula is C12H17NO. The molecule has 1 aliphatic rings. The highest BCUT2D eigenvalue weighted by atomic mass is 16.3. The minimum Gasteiger partial charge on any atom is -0.508 e. The predicted molar refractivity (Wildman–Crippen MR) is 57.5 cm³/mol. The summed E-state index contributed by atoms with van der Waals surface area (Å²) in [5.41, 5.74) is 2.37. The van der Waals surface area contributed by atoms with Crippen LogP contribution in [0.3, 0.4) is 0 Å². The lowest BCUT2D eigenvalue weighted by atomic mass is 10.0. The van der Waals surface area contributed by atoms with Gasteiger partial charge >= 0.3 is 0 Å². The summed E-state index contributed by atoms with van der Waals surface area (Å²) in [5, 5.41) is 13.2. The number of rotatable bonds is 2. The second-order valence-electron chi connectivity index (χ2n) is 3.90. The number of aryl methyl sites for hydroxylation is 1. The Morgan fingerprint density at radius 2 is 2.36 bits per heavy atom. The van der Waals surface area contributed by atoms with Gasteiger partial charge in [-0.05, 0) is 37.4 Å². The van der Waals surface area contributed by atoms with Gasteiger partial charge in [0.2, 0.25) is 0 Å². The number of hydrogen-bond donors (Lipinski definition) is 2. The SMILES string of the molecule is CCc1ccc(O)c(C2CCCN2)c1. The molecule has 2 N–H and O–H groups in total. The summed E-state index contributed by atoms with van der Waals surface area (Å²) in [6.45, 7) is 3.21. The highest BCUT2D eigenvalue weighted by Gasteiger charge is 2.19. The van der Waals surface area contributed by atoms with Gasteiger partial charge in [-0.2, -0.15) is 0 Å². The van der Waals surface area contributed by atoms with Crippen LogP contribution in [-0.2, 0) is 6.42 Å². The summed E-state index contributed by atoms with van der Waals surface area (Å²) in [5.74, 6) is 0.432. The first-order valence-corrected chi connectivity index (χ1v) is 5.36. The first-order valence-electron chi connectivity index (χ1n) is 5.36. The molecule has 1 fully saturated rings. The Morgan fingerprint density at radius 1 is 1.50 bits per heavy atom. The fourth-order valence-electron chi connectivity index (χ4n) is 2.05. The van der Waals surface area contributed by atoms with Gasteiger partial charge in [-0.25, -0.2) is 0 Å². The van der Waals surface area contributed by atoms with E-state index in [1.165, 1.54) is 12.0 Å². The summed E-state index contributed by atoms with van der Waals surface area (Å²) < 4.78 is 0. The molecule has 0 amide bonds. The fourth-order valence-corrected chi connectivity index (χ4v) is 2.05. The monoisotopic (exact) mass is 191 g/mol. The molecule has 0 radical (unpaired) electrons. The zero-order valence-electron chi connectivity index (χ0n) is 8.59. The van der Waals surface area contributed by atoms with Gasteiger partial charge < -0.3 is 10.4 Å². The van der Waals surface area contributed by atoms with Crippen molar-refractivity contribution in [2.75, 3.05) is 6.54 Å². The first kappa shape index (κ1) is 9.53. The largest absolute Gasteiger partial charge is 0.508 e. The van der Waals surface area contributed by atoms with Crippen LogP contribution in [0.25, 0.3) is 0 Å². The van der Waals surface area contributed by atoms with Crippen LogP contribution < -0.4 is 5.32 Å². The summed E-state index contributed by atoms with van der Waals surface area (Å²) >= 11 is 0. The molecule has 1 aromatic carbocycles. The first-order chi connectivity index (χ1) is 6.81. The average Bonchev–Trinajstić information content (AvgIpc) is 2.71. The van der Waals surface area contributed by atoms with Gasteiger partial charge in [0.1, 0.15) is 5.75 Å². The van der Waals surface area contributed by atoms with E-state index < -0.39 is 0 Å².